The zero-order chi connectivity index (χ0) is 23.8. The topological polar surface area (TPSA) is 85.1 Å². The predicted molar refractivity (Wildman–Crippen MR) is 126 cm³/mol. The van der Waals surface area contributed by atoms with Gasteiger partial charge < -0.3 is 11.1 Å². The Kier molecular flexibility index (Phi) is 6.05. The Hall–Kier alpha value is -3.50. The molecule has 0 atom stereocenters. The Morgan fingerprint density at radius 3 is 2.52 bits per heavy atom. The van der Waals surface area contributed by atoms with Crippen LogP contribution in [0.1, 0.15) is 36.2 Å². The Balaban J connectivity index is 1.55. The highest BCUT2D eigenvalue weighted by Crippen LogP contribution is 2.42. The Bertz CT molecular complexity index is 1370. The number of fused-ring (bicyclic) bond motifs is 1. The molecule has 168 valence electrons. The Morgan fingerprint density at radius 2 is 1.88 bits per heavy atom. The van der Waals surface area contributed by atoms with Gasteiger partial charge >= 0.3 is 6.18 Å². The number of nitrogens with zero attached hydrogens (tertiary/aromatic N) is 1. The van der Waals surface area contributed by atoms with Crippen molar-refractivity contribution in [1.29, 1.82) is 0 Å². The predicted octanol–water partition coefficient (Wildman–Crippen LogP) is 6.42. The second kappa shape index (κ2) is 8.80. The number of benzene rings is 1. The van der Waals surface area contributed by atoms with E-state index in [9.17, 15) is 22.8 Å². The van der Waals surface area contributed by atoms with Gasteiger partial charge in [0.25, 0.3) is 5.91 Å². The number of ketones is 1. The van der Waals surface area contributed by atoms with Gasteiger partial charge in [0, 0.05) is 27.2 Å². The van der Waals surface area contributed by atoms with Gasteiger partial charge in [0.1, 0.15) is 9.71 Å². The minimum absolute atomic E-state index is 0.0449. The average molecular weight is 488 g/mol. The molecule has 0 fully saturated rings. The molecule has 33 heavy (non-hydrogen) atoms. The van der Waals surface area contributed by atoms with E-state index in [1.54, 1.807) is 18.2 Å². The molecule has 0 aliphatic heterocycles. The van der Waals surface area contributed by atoms with E-state index in [1.165, 1.54) is 36.5 Å². The molecule has 3 N–H and O–H groups in total. The van der Waals surface area contributed by atoms with E-state index >= 15 is 0 Å². The summed E-state index contributed by atoms with van der Waals surface area (Å²) in [6.45, 7) is 1.45. The summed E-state index contributed by atoms with van der Waals surface area (Å²) < 4.78 is 40.4. The van der Waals surface area contributed by atoms with Gasteiger partial charge in [-0.05, 0) is 60.9 Å². The maximum Gasteiger partial charge on any atom is 0.417 e. The minimum Gasteiger partial charge on any atom is -0.397 e. The van der Waals surface area contributed by atoms with Crippen LogP contribution in [0.25, 0.3) is 16.3 Å². The number of halogens is 3. The number of anilines is 2. The van der Waals surface area contributed by atoms with Crippen molar-refractivity contribution in [3.8, 4) is 0 Å². The van der Waals surface area contributed by atoms with Gasteiger partial charge in [-0.2, -0.15) is 13.2 Å². The molecule has 0 bridgehead atoms. The first-order valence-electron chi connectivity index (χ1n) is 9.57. The number of aromatic nitrogens is 1. The molecule has 3 aromatic heterocycles. The van der Waals surface area contributed by atoms with E-state index in [0.29, 0.717) is 11.3 Å². The van der Waals surface area contributed by atoms with Crippen molar-refractivity contribution in [3.05, 3.63) is 80.5 Å². The normalized spacial score (nSPS) is 11.9. The summed E-state index contributed by atoms with van der Waals surface area (Å²) in [5.41, 5.74) is 5.73. The number of rotatable bonds is 5. The minimum atomic E-state index is -4.63. The third-order valence-corrected chi connectivity index (χ3v) is 6.64. The second-order valence-corrected chi connectivity index (χ2v) is 9.06. The number of hydrogen-bond acceptors (Lipinski definition) is 6. The number of thiophene rings is 2. The van der Waals surface area contributed by atoms with Gasteiger partial charge in [-0.1, -0.05) is 6.07 Å². The number of nitrogens with one attached hydrogen (secondary N) is 1. The lowest BCUT2D eigenvalue weighted by Gasteiger charge is -2.09. The number of nitrogen functional groups attached to an aromatic ring is 1. The van der Waals surface area contributed by atoms with Gasteiger partial charge in [-0.3, -0.25) is 9.59 Å². The number of alkyl halides is 3. The molecule has 0 radical (unpaired) electrons. The highest BCUT2D eigenvalue weighted by molar-refractivity contribution is 7.21. The Morgan fingerprint density at radius 1 is 1.15 bits per heavy atom. The highest BCUT2D eigenvalue weighted by atomic mass is 32.1. The zero-order valence-corrected chi connectivity index (χ0v) is 18.7. The molecule has 0 aliphatic carbocycles. The molecule has 1 aromatic carbocycles. The summed E-state index contributed by atoms with van der Waals surface area (Å²) in [5, 5.41) is 4.24. The van der Waals surface area contributed by atoms with Crippen LogP contribution in [0, 0.1) is 6.92 Å². The summed E-state index contributed by atoms with van der Waals surface area (Å²) in [7, 11) is 0. The molecule has 0 spiro atoms. The molecule has 3 heterocycles. The van der Waals surface area contributed by atoms with Gasteiger partial charge in [0.2, 0.25) is 0 Å². The number of carbonyl (C=O) groups is 2. The molecule has 0 unspecified atom stereocenters. The van der Waals surface area contributed by atoms with Gasteiger partial charge in [0.05, 0.1) is 11.3 Å². The summed E-state index contributed by atoms with van der Waals surface area (Å²) >= 11 is 2.31. The number of aryl methyl sites for hydroxylation is 1. The van der Waals surface area contributed by atoms with E-state index in [2.05, 4.69) is 10.3 Å². The smallest absolute Gasteiger partial charge is 0.397 e. The van der Waals surface area contributed by atoms with Crippen LogP contribution in [0.3, 0.4) is 0 Å². The lowest BCUT2D eigenvalue weighted by molar-refractivity contribution is -0.136. The van der Waals surface area contributed by atoms with Crippen molar-refractivity contribution in [2.24, 2.45) is 0 Å². The summed E-state index contributed by atoms with van der Waals surface area (Å²) in [6, 6.07) is 10.9. The van der Waals surface area contributed by atoms with Crippen LogP contribution in [0.4, 0.5) is 24.5 Å². The van der Waals surface area contributed by atoms with Crippen molar-refractivity contribution in [2.45, 2.75) is 13.1 Å². The average Bonchev–Trinajstić information content (AvgIpc) is 3.39. The van der Waals surface area contributed by atoms with Crippen molar-refractivity contribution in [2.75, 3.05) is 11.1 Å². The number of hydrogen-bond donors (Lipinski definition) is 2. The van der Waals surface area contributed by atoms with Gasteiger partial charge in [0.15, 0.2) is 5.78 Å². The summed E-state index contributed by atoms with van der Waals surface area (Å²) in [4.78, 5) is 30.1. The van der Waals surface area contributed by atoms with Crippen molar-refractivity contribution in [1.82, 2.24) is 4.98 Å². The molecular weight excluding hydrogens is 471 g/mol. The van der Waals surface area contributed by atoms with Crippen molar-refractivity contribution in [3.63, 3.8) is 0 Å². The fourth-order valence-corrected chi connectivity index (χ4v) is 4.86. The maximum absolute atomic E-state index is 13.5. The number of carbonyl (C=O) groups excluding carboxylic acids is 2. The summed E-state index contributed by atoms with van der Waals surface area (Å²) in [5.74, 6) is -0.853. The third kappa shape index (κ3) is 4.81. The van der Waals surface area contributed by atoms with Gasteiger partial charge in [-0.25, -0.2) is 4.98 Å². The van der Waals surface area contributed by atoms with E-state index < -0.39 is 17.6 Å². The molecule has 4 rings (SSSR count). The number of nitrogens with two attached hydrogens (primary N) is 1. The monoisotopic (exact) mass is 487 g/mol. The standard InChI is InChI=1S/C23H16F3N3O2S2/c1-12-11-16(23(24,25)26)18-19(27)20(33-22(18)28-12)21(31)29-14-6-4-13(5-7-14)17(30)9-8-15-3-2-10-32-15/h2-11H,27H2,1H3,(H,29,31). The zero-order valence-electron chi connectivity index (χ0n) is 17.1. The van der Waals surface area contributed by atoms with Crippen LogP contribution in [0.15, 0.2) is 53.9 Å². The molecule has 4 aromatic rings. The number of amides is 1. The van der Waals surface area contributed by atoms with Crippen LogP contribution < -0.4 is 11.1 Å². The molecule has 0 aliphatic rings. The molecule has 0 saturated carbocycles. The molecule has 10 heteroatoms. The van der Waals surface area contributed by atoms with Crippen LogP contribution in [-0.4, -0.2) is 16.7 Å². The number of allylic oxidation sites excluding steroid dienone is 1. The molecule has 5 nitrogen and oxygen atoms in total. The molecule has 0 saturated heterocycles. The molecular formula is C23H16F3N3O2S2. The first kappa shape index (κ1) is 22.7. The fraction of sp³-hybridized carbons (Fsp3) is 0.0870. The number of pyridine rings is 1. The summed E-state index contributed by atoms with van der Waals surface area (Å²) in [6.07, 6.45) is -1.45. The largest absolute Gasteiger partial charge is 0.417 e. The van der Waals surface area contributed by atoms with E-state index in [0.717, 1.165) is 22.3 Å². The first-order chi connectivity index (χ1) is 15.6. The third-order valence-electron chi connectivity index (χ3n) is 4.71. The molecule has 1 amide bonds. The lowest BCUT2D eigenvalue weighted by Crippen LogP contribution is -2.12. The highest BCUT2D eigenvalue weighted by Gasteiger charge is 2.35. The van der Waals surface area contributed by atoms with Crippen LogP contribution in [0.5, 0.6) is 0 Å². The lowest BCUT2D eigenvalue weighted by atomic mass is 10.1. The van der Waals surface area contributed by atoms with E-state index in [4.69, 9.17) is 5.73 Å². The maximum atomic E-state index is 13.5. The SMILES string of the molecule is Cc1cc(C(F)(F)F)c2c(N)c(C(=O)Nc3ccc(C(=O)C=Cc4cccs4)cc3)sc2n1. The van der Waals surface area contributed by atoms with Crippen molar-refractivity contribution >= 4 is 62.0 Å². The quantitative estimate of drug-likeness (QED) is 0.251. The Labute approximate surface area is 194 Å². The van der Waals surface area contributed by atoms with Crippen molar-refractivity contribution < 1.29 is 22.8 Å². The first-order valence-corrected chi connectivity index (χ1v) is 11.3. The van der Waals surface area contributed by atoms with Gasteiger partial charge in [-0.15, -0.1) is 22.7 Å². The van der Waals surface area contributed by atoms with Crippen LogP contribution in [0.2, 0.25) is 0 Å². The fourth-order valence-electron chi connectivity index (χ4n) is 3.18. The second-order valence-electron chi connectivity index (χ2n) is 7.08. The van der Waals surface area contributed by atoms with Crippen LogP contribution >= 0.6 is 22.7 Å². The van der Waals surface area contributed by atoms with E-state index in [1.807, 2.05) is 17.5 Å². The van der Waals surface area contributed by atoms with Crippen LogP contribution in [-0.2, 0) is 6.18 Å². The van der Waals surface area contributed by atoms with E-state index in [-0.39, 0.29) is 32.3 Å².